The van der Waals surface area contributed by atoms with Crippen LogP contribution in [-0.2, 0) is 22.5 Å². The van der Waals surface area contributed by atoms with Gasteiger partial charge in [-0.1, -0.05) is 18.2 Å². The highest BCUT2D eigenvalue weighted by atomic mass is 32.1. The van der Waals surface area contributed by atoms with E-state index >= 15 is 0 Å². The first kappa shape index (κ1) is 18.7. The molecule has 2 bridgehead atoms. The van der Waals surface area contributed by atoms with Gasteiger partial charge in [0, 0.05) is 43.0 Å². The van der Waals surface area contributed by atoms with E-state index in [0.717, 1.165) is 43.0 Å². The lowest BCUT2D eigenvalue weighted by Gasteiger charge is -2.43. The van der Waals surface area contributed by atoms with Crippen LogP contribution in [0.3, 0.4) is 0 Å². The summed E-state index contributed by atoms with van der Waals surface area (Å²) in [6.07, 6.45) is 1.36. The third-order valence-electron chi connectivity index (χ3n) is 5.55. The predicted molar refractivity (Wildman–Crippen MR) is 112 cm³/mol. The molecule has 0 aliphatic carbocycles. The third kappa shape index (κ3) is 3.80. The number of carbonyl (C=O) groups is 1. The highest BCUT2D eigenvalue weighted by Crippen LogP contribution is 2.35. The van der Waals surface area contributed by atoms with E-state index in [4.69, 9.17) is 17.0 Å². The SMILES string of the molecule is COC(=O)Cc1ccc(NC(=S)N2CC3C[C@@H](C2)Cn2c3cccc2=O)cc1. The lowest BCUT2D eigenvalue weighted by Crippen LogP contribution is -2.50. The van der Waals surface area contributed by atoms with Gasteiger partial charge in [0.25, 0.3) is 5.56 Å². The van der Waals surface area contributed by atoms with Crippen molar-refractivity contribution >= 4 is 29.0 Å². The summed E-state index contributed by atoms with van der Waals surface area (Å²) in [5, 5.41) is 4.00. The molecule has 0 spiro atoms. The molecular weight excluding hydrogens is 374 g/mol. The molecular formula is C21H23N3O3S. The molecule has 2 aliphatic rings. The normalized spacial score (nSPS) is 20.2. The lowest BCUT2D eigenvalue weighted by atomic mass is 9.83. The zero-order valence-electron chi connectivity index (χ0n) is 15.8. The van der Waals surface area contributed by atoms with Gasteiger partial charge >= 0.3 is 5.97 Å². The van der Waals surface area contributed by atoms with Crippen LogP contribution in [0, 0.1) is 5.92 Å². The van der Waals surface area contributed by atoms with Gasteiger partial charge in [-0.15, -0.1) is 0 Å². The zero-order valence-corrected chi connectivity index (χ0v) is 16.6. The molecule has 28 heavy (non-hydrogen) atoms. The summed E-state index contributed by atoms with van der Waals surface area (Å²) < 4.78 is 6.62. The van der Waals surface area contributed by atoms with Crippen LogP contribution in [0.25, 0.3) is 0 Å². The minimum absolute atomic E-state index is 0.0911. The Bertz CT molecular complexity index is 954. The number of anilines is 1. The van der Waals surface area contributed by atoms with Gasteiger partial charge < -0.3 is 19.5 Å². The number of benzene rings is 1. The van der Waals surface area contributed by atoms with E-state index in [9.17, 15) is 9.59 Å². The molecule has 2 aromatic rings. The van der Waals surface area contributed by atoms with E-state index in [-0.39, 0.29) is 17.9 Å². The second-order valence-electron chi connectivity index (χ2n) is 7.48. The van der Waals surface area contributed by atoms with Crippen LogP contribution in [0.5, 0.6) is 0 Å². The molecule has 1 aromatic heterocycles. The van der Waals surface area contributed by atoms with Crippen molar-refractivity contribution < 1.29 is 9.53 Å². The number of rotatable bonds is 3. The molecule has 146 valence electrons. The third-order valence-corrected chi connectivity index (χ3v) is 5.91. The standard InChI is InChI=1S/C21H23N3O3S/c1-27-20(26)10-14-5-7-17(8-6-14)22-21(28)23-11-15-9-16(13-23)18-3-2-4-19(25)24(18)12-15/h2-8,15-16H,9-13H2,1H3,(H,22,28)/t15-,16?/m0/s1. The molecule has 0 radical (unpaired) electrons. The Hall–Kier alpha value is -2.67. The van der Waals surface area contributed by atoms with E-state index in [1.807, 2.05) is 34.9 Å². The van der Waals surface area contributed by atoms with Crippen molar-refractivity contribution in [3.05, 3.63) is 64.1 Å². The number of nitrogens with one attached hydrogen (secondary N) is 1. The molecule has 2 aliphatic heterocycles. The Labute approximate surface area is 169 Å². The molecule has 4 rings (SSSR count). The van der Waals surface area contributed by atoms with E-state index in [2.05, 4.69) is 16.3 Å². The number of hydrogen-bond donors (Lipinski definition) is 1. The summed E-state index contributed by atoms with van der Waals surface area (Å²) in [6, 6.07) is 13.2. The number of pyridine rings is 1. The Morgan fingerprint density at radius 1 is 1.18 bits per heavy atom. The van der Waals surface area contributed by atoms with Crippen molar-refractivity contribution in [3.8, 4) is 0 Å². The van der Waals surface area contributed by atoms with E-state index < -0.39 is 0 Å². The molecule has 0 amide bonds. The number of carbonyl (C=O) groups excluding carboxylic acids is 1. The minimum atomic E-state index is -0.254. The number of hydrogen-bond acceptors (Lipinski definition) is 4. The maximum Gasteiger partial charge on any atom is 0.309 e. The van der Waals surface area contributed by atoms with Gasteiger partial charge in [0.2, 0.25) is 0 Å². The van der Waals surface area contributed by atoms with Gasteiger partial charge in [-0.05, 0) is 48.3 Å². The molecule has 1 saturated heterocycles. The summed E-state index contributed by atoms with van der Waals surface area (Å²) in [5.41, 5.74) is 3.00. The molecule has 7 heteroatoms. The number of aromatic nitrogens is 1. The molecule has 2 atom stereocenters. The largest absolute Gasteiger partial charge is 0.469 e. The van der Waals surface area contributed by atoms with E-state index in [1.165, 1.54) is 7.11 Å². The highest BCUT2D eigenvalue weighted by Gasteiger charge is 2.35. The maximum absolute atomic E-state index is 12.1. The van der Waals surface area contributed by atoms with Crippen LogP contribution in [0.2, 0.25) is 0 Å². The fourth-order valence-corrected chi connectivity index (χ4v) is 4.48. The topological polar surface area (TPSA) is 63.6 Å². The zero-order chi connectivity index (χ0) is 19.7. The monoisotopic (exact) mass is 397 g/mol. The molecule has 3 heterocycles. The van der Waals surface area contributed by atoms with E-state index in [0.29, 0.717) is 16.9 Å². The molecule has 1 N–H and O–H groups in total. The van der Waals surface area contributed by atoms with Gasteiger partial charge in [-0.2, -0.15) is 0 Å². The Kier molecular flexibility index (Phi) is 5.17. The molecule has 1 fully saturated rings. The van der Waals surface area contributed by atoms with Crippen LogP contribution >= 0.6 is 12.2 Å². The number of likely N-dealkylation sites (tertiary alicyclic amines) is 1. The molecule has 1 aromatic carbocycles. The van der Waals surface area contributed by atoms with Gasteiger partial charge in [0.05, 0.1) is 13.5 Å². The van der Waals surface area contributed by atoms with Crippen molar-refractivity contribution in [1.29, 1.82) is 0 Å². The number of methoxy groups -OCH3 is 1. The first-order valence-electron chi connectivity index (χ1n) is 9.45. The summed E-state index contributed by atoms with van der Waals surface area (Å²) in [4.78, 5) is 25.7. The summed E-state index contributed by atoms with van der Waals surface area (Å²) >= 11 is 5.65. The number of esters is 1. The van der Waals surface area contributed by atoms with Crippen LogP contribution in [-0.4, -0.2) is 40.7 Å². The number of piperidine rings is 1. The second kappa shape index (κ2) is 7.75. The number of nitrogens with zero attached hydrogens (tertiary/aromatic N) is 2. The first-order chi connectivity index (χ1) is 13.5. The molecule has 0 saturated carbocycles. The van der Waals surface area contributed by atoms with Crippen LogP contribution in [0.4, 0.5) is 5.69 Å². The van der Waals surface area contributed by atoms with Crippen molar-refractivity contribution in [2.45, 2.75) is 25.3 Å². The highest BCUT2D eigenvalue weighted by molar-refractivity contribution is 7.80. The maximum atomic E-state index is 12.1. The number of fused-ring (bicyclic) bond motifs is 4. The van der Waals surface area contributed by atoms with E-state index in [1.54, 1.807) is 6.07 Å². The Morgan fingerprint density at radius 2 is 1.96 bits per heavy atom. The van der Waals surface area contributed by atoms with Crippen LogP contribution in [0.15, 0.2) is 47.3 Å². The van der Waals surface area contributed by atoms with Crippen LogP contribution < -0.4 is 10.9 Å². The first-order valence-corrected chi connectivity index (χ1v) is 9.85. The summed E-state index contributed by atoms with van der Waals surface area (Å²) in [6.45, 7) is 2.42. The van der Waals surface area contributed by atoms with Crippen molar-refractivity contribution in [2.75, 3.05) is 25.5 Å². The van der Waals surface area contributed by atoms with Gasteiger partial charge in [-0.25, -0.2) is 0 Å². The summed E-state index contributed by atoms with van der Waals surface area (Å²) in [7, 11) is 1.39. The minimum Gasteiger partial charge on any atom is -0.469 e. The van der Waals surface area contributed by atoms with Gasteiger partial charge in [0.1, 0.15) is 0 Å². The van der Waals surface area contributed by atoms with Crippen LogP contribution in [0.1, 0.15) is 23.6 Å². The average Bonchev–Trinajstić information content (AvgIpc) is 2.70. The van der Waals surface area contributed by atoms with Crippen molar-refractivity contribution in [3.63, 3.8) is 0 Å². The van der Waals surface area contributed by atoms with Crippen molar-refractivity contribution in [1.82, 2.24) is 9.47 Å². The van der Waals surface area contributed by atoms with Gasteiger partial charge in [0.15, 0.2) is 5.11 Å². The number of thiocarbonyl (C=S) groups is 1. The Morgan fingerprint density at radius 3 is 2.71 bits per heavy atom. The molecule has 6 nitrogen and oxygen atoms in total. The smallest absolute Gasteiger partial charge is 0.309 e. The average molecular weight is 398 g/mol. The molecule has 1 unspecified atom stereocenters. The second-order valence-corrected chi connectivity index (χ2v) is 7.87. The fraction of sp³-hybridized carbons (Fsp3) is 0.381. The predicted octanol–water partition coefficient (Wildman–Crippen LogP) is 2.38. The lowest BCUT2D eigenvalue weighted by molar-refractivity contribution is -0.139. The summed E-state index contributed by atoms with van der Waals surface area (Å²) in [5.74, 6) is 0.493. The number of ether oxygens (including phenoxy) is 1. The van der Waals surface area contributed by atoms with Crippen molar-refractivity contribution in [2.24, 2.45) is 5.92 Å². The van der Waals surface area contributed by atoms with Gasteiger partial charge in [-0.3, -0.25) is 9.59 Å². The Balaban J connectivity index is 1.42. The fourth-order valence-electron chi connectivity index (χ4n) is 4.21. The quantitative estimate of drug-likeness (QED) is 0.634.